The van der Waals surface area contributed by atoms with Crippen molar-refractivity contribution in [2.45, 2.75) is 13.5 Å². The first-order chi connectivity index (χ1) is 8.76. The Morgan fingerprint density at radius 3 is 2.72 bits per heavy atom. The molecule has 100 valence electrons. The van der Waals surface area contributed by atoms with Crippen LogP contribution in [-0.2, 0) is 6.54 Å². The van der Waals surface area contributed by atoms with Crippen LogP contribution in [0.1, 0.15) is 12.5 Å². The van der Waals surface area contributed by atoms with Gasteiger partial charge < -0.3 is 10.1 Å². The normalized spacial score (nSPS) is 12.1. The molecule has 0 heterocycles. The van der Waals surface area contributed by atoms with Crippen molar-refractivity contribution in [2.24, 2.45) is 5.92 Å². The van der Waals surface area contributed by atoms with E-state index in [1.807, 2.05) is 23.9 Å². The van der Waals surface area contributed by atoms with Crippen molar-refractivity contribution in [3.63, 3.8) is 0 Å². The number of ether oxygens (including phenoxy) is 1. The fraction of sp³-hybridized carbons (Fsp3) is 0.467. The molecule has 0 aliphatic heterocycles. The molecule has 0 aliphatic rings. The summed E-state index contributed by atoms with van der Waals surface area (Å²) in [5, 5.41) is 3.48. The fourth-order valence-corrected chi connectivity index (χ4v) is 2.35. The van der Waals surface area contributed by atoms with E-state index in [0.717, 1.165) is 24.8 Å². The van der Waals surface area contributed by atoms with Crippen molar-refractivity contribution in [3.05, 3.63) is 42.5 Å². The minimum atomic E-state index is 0.559. The van der Waals surface area contributed by atoms with Crippen molar-refractivity contribution in [1.82, 2.24) is 5.32 Å². The Hall–Kier alpha value is -0.930. The molecule has 1 N–H and O–H groups in total. The lowest BCUT2D eigenvalue weighted by atomic mass is 10.2. The number of nitrogens with one attached hydrogen (secondary N) is 1. The van der Waals surface area contributed by atoms with Gasteiger partial charge in [-0.3, -0.25) is 0 Å². The monoisotopic (exact) mass is 265 g/mol. The summed E-state index contributed by atoms with van der Waals surface area (Å²) in [7, 11) is 0. The van der Waals surface area contributed by atoms with Crippen molar-refractivity contribution < 1.29 is 4.74 Å². The van der Waals surface area contributed by atoms with E-state index < -0.39 is 0 Å². The molecule has 0 amide bonds. The van der Waals surface area contributed by atoms with Crippen LogP contribution in [0.4, 0.5) is 0 Å². The van der Waals surface area contributed by atoms with Gasteiger partial charge in [-0.05, 0) is 42.2 Å². The molecule has 1 aromatic rings. The van der Waals surface area contributed by atoms with Crippen LogP contribution in [0.25, 0.3) is 0 Å². The first-order valence-corrected chi connectivity index (χ1v) is 7.68. The van der Waals surface area contributed by atoms with E-state index in [-0.39, 0.29) is 0 Å². The summed E-state index contributed by atoms with van der Waals surface area (Å²) >= 11 is 1.90. The topological polar surface area (TPSA) is 21.3 Å². The molecular weight excluding hydrogens is 242 g/mol. The van der Waals surface area contributed by atoms with Crippen molar-refractivity contribution >= 4 is 11.8 Å². The van der Waals surface area contributed by atoms with E-state index >= 15 is 0 Å². The van der Waals surface area contributed by atoms with Crippen LogP contribution in [0.15, 0.2) is 36.9 Å². The van der Waals surface area contributed by atoms with Gasteiger partial charge in [0, 0.05) is 6.54 Å². The average molecular weight is 265 g/mol. The molecule has 3 heteroatoms. The van der Waals surface area contributed by atoms with E-state index in [4.69, 9.17) is 4.74 Å². The Labute approximate surface area is 115 Å². The quantitative estimate of drug-likeness (QED) is 0.692. The molecule has 0 bridgehead atoms. The molecule has 0 aliphatic carbocycles. The standard InChI is InChI=1S/C15H23NOS/c1-4-9-17-15-7-5-14(6-8-15)11-16-10-13(2)12-18-3/h4-8,13,16H,1,9-12H2,2-3H3. The van der Waals surface area contributed by atoms with E-state index in [2.05, 4.69) is 37.2 Å². The summed E-state index contributed by atoms with van der Waals surface area (Å²) in [5.41, 5.74) is 1.29. The van der Waals surface area contributed by atoms with Gasteiger partial charge in [0.15, 0.2) is 0 Å². The maximum Gasteiger partial charge on any atom is 0.119 e. The highest BCUT2D eigenvalue weighted by Gasteiger charge is 2.00. The fourth-order valence-electron chi connectivity index (χ4n) is 1.67. The molecule has 1 unspecified atom stereocenters. The van der Waals surface area contributed by atoms with Gasteiger partial charge in [-0.2, -0.15) is 11.8 Å². The first-order valence-electron chi connectivity index (χ1n) is 6.28. The summed E-state index contributed by atoms with van der Waals surface area (Å²) in [4.78, 5) is 0. The number of benzene rings is 1. The van der Waals surface area contributed by atoms with E-state index in [9.17, 15) is 0 Å². The minimum absolute atomic E-state index is 0.559. The molecule has 2 nitrogen and oxygen atoms in total. The smallest absolute Gasteiger partial charge is 0.119 e. The van der Waals surface area contributed by atoms with E-state index in [1.165, 1.54) is 11.3 Å². The summed E-state index contributed by atoms with van der Waals surface area (Å²) in [6.45, 7) is 8.44. The first kappa shape index (κ1) is 15.1. The molecule has 1 rings (SSSR count). The van der Waals surface area contributed by atoms with E-state index in [0.29, 0.717) is 6.61 Å². The molecule has 1 aromatic carbocycles. The lowest BCUT2D eigenvalue weighted by Crippen LogP contribution is -2.21. The zero-order valence-electron chi connectivity index (χ0n) is 11.3. The Morgan fingerprint density at radius 1 is 1.39 bits per heavy atom. The predicted octanol–water partition coefficient (Wildman–Crippen LogP) is 3.34. The number of rotatable bonds is 9. The second-order valence-corrected chi connectivity index (χ2v) is 5.35. The predicted molar refractivity (Wildman–Crippen MR) is 81.4 cm³/mol. The van der Waals surface area contributed by atoms with Crippen LogP contribution in [0.5, 0.6) is 5.75 Å². The number of hydrogen-bond acceptors (Lipinski definition) is 3. The summed E-state index contributed by atoms with van der Waals surface area (Å²) < 4.78 is 5.44. The highest BCUT2D eigenvalue weighted by Crippen LogP contribution is 2.12. The third-order valence-electron chi connectivity index (χ3n) is 2.56. The number of thioether (sulfide) groups is 1. The van der Waals surface area contributed by atoms with Crippen LogP contribution in [0.3, 0.4) is 0 Å². The molecule has 0 spiro atoms. The lowest BCUT2D eigenvalue weighted by Gasteiger charge is -2.11. The van der Waals surface area contributed by atoms with E-state index in [1.54, 1.807) is 6.08 Å². The van der Waals surface area contributed by atoms with Gasteiger partial charge in [0.05, 0.1) is 0 Å². The molecule has 1 atom stereocenters. The minimum Gasteiger partial charge on any atom is -0.490 e. The van der Waals surface area contributed by atoms with Gasteiger partial charge >= 0.3 is 0 Å². The van der Waals surface area contributed by atoms with Crippen molar-refractivity contribution in [3.8, 4) is 5.75 Å². The van der Waals surface area contributed by atoms with Gasteiger partial charge in [-0.1, -0.05) is 31.7 Å². The SMILES string of the molecule is C=CCOc1ccc(CNCC(C)CSC)cc1. The van der Waals surface area contributed by atoms with Crippen molar-refractivity contribution in [2.75, 3.05) is 25.2 Å². The Balaban J connectivity index is 2.28. The zero-order valence-corrected chi connectivity index (χ0v) is 12.1. The molecule has 18 heavy (non-hydrogen) atoms. The third-order valence-corrected chi connectivity index (χ3v) is 3.47. The maximum atomic E-state index is 5.44. The largest absolute Gasteiger partial charge is 0.490 e. The number of hydrogen-bond donors (Lipinski definition) is 1. The second-order valence-electron chi connectivity index (χ2n) is 4.44. The molecule has 0 radical (unpaired) electrons. The Morgan fingerprint density at radius 2 is 2.11 bits per heavy atom. The summed E-state index contributed by atoms with van der Waals surface area (Å²) in [6.07, 6.45) is 3.90. The Bertz CT molecular complexity index is 337. The van der Waals surface area contributed by atoms with Gasteiger partial charge in [-0.15, -0.1) is 0 Å². The average Bonchev–Trinajstić information content (AvgIpc) is 2.38. The van der Waals surface area contributed by atoms with Gasteiger partial charge in [0.1, 0.15) is 12.4 Å². The third kappa shape index (κ3) is 6.12. The summed E-state index contributed by atoms with van der Waals surface area (Å²) in [5.74, 6) is 2.83. The highest BCUT2D eigenvalue weighted by molar-refractivity contribution is 7.98. The molecule has 0 saturated carbocycles. The van der Waals surface area contributed by atoms with Crippen LogP contribution < -0.4 is 10.1 Å². The zero-order chi connectivity index (χ0) is 13.2. The lowest BCUT2D eigenvalue weighted by molar-refractivity contribution is 0.363. The van der Waals surface area contributed by atoms with Crippen LogP contribution in [0, 0.1) is 5.92 Å². The summed E-state index contributed by atoms with van der Waals surface area (Å²) in [6, 6.07) is 8.22. The Kier molecular flexibility index (Phi) is 7.62. The molecular formula is C15H23NOS. The highest BCUT2D eigenvalue weighted by atomic mass is 32.2. The maximum absolute atomic E-state index is 5.44. The van der Waals surface area contributed by atoms with Gasteiger partial charge in [0.25, 0.3) is 0 Å². The van der Waals surface area contributed by atoms with Crippen LogP contribution >= 0.6 is 11.8 Å². The second kappa shape index (κ2) is 9.06. The van der Waals surface area contributed by atoms with Gasteiger partial charge in [-0.25, -0.2) is 0 Å². The molecule has 0 aromatic heterocycles. The van der Waals surface area contributed by atoms with Gasteiger partial charge in [0.2, 0.25) is 0 Å². The van der Waals surface area contributed by atoms with Crippen LogP contribution in [0.2, 0.25) is 0 Å². The molecule has 0 saturated heterocycles. The molecule has 0 fully saturated rings. The van der Waals surface area contributed by atoms with Crippen LogP contribution in [-0.4, -0.2) is 25.2 Å². The van der Waals surface area contributed by atoms with Crippen molar-refractivity contribution in [1.29, 1.82) is 0 Å².